The summed E-state index contributed by atoms with van der Waals surface area (Å²) in [7, 11) is 2.57. The van der Waals surface area contributed by atoms with Crippen molar-refractivity contribution in [3.63, 3.8) is 0 Å². The van der Waals surface area contributed by atoms with E-state index in [1.54, 1.807) is 13.8 Å². The maximum absolute atomic E-state index is 12.3. The number of fused-ring (bicyclic) bond motifs is 2. The van der Waals surface area contributed by atoms with Gasteiger partial charge in [0.1, 0.15) is 48.5 Å². The van der Waals surface area contributed by atoms with Gasteiger partial charge in [-0.05, 0) is 48.7 Å². The average molecular weight is 649 g/mol. The number of ether oxygens (including phenoxy) is 6. The van der Waals surface area contributed by atoms with Crippen LogP contribution in [-0.4, -0.2) is 119 Å². The van der Waals surface area contributed by atoms with Gasteiger partial charge in [0, 0.05) is 24.8 Å². The Labute approximate surface area is 266 Å². The fourth-order valence-electron chi connectivity index (χ4n) is 6.77. The van der Waals surface area contributed by atoms with Crippen molar-refractivity contribution in [1.82, 2.24) is 0 Å². The fourth-order valence-corrected chi connectivity index (χ4v) is 6.77. The van der Waals surface area contributed by atoms with Crippen molar-refractivity contribution in [2.45, 2.75) is 106 Å². The minimum Gasteiger partial charge on any atom is -0.486 e. The van der Waals surface area contributed by atoms with Crippen LogP contribution < -0.4 is 4.74 Å². The van der Waals surface area contributed by atoms with Crippen molar-refractivity contribution >= 4 is 22.7 Å². The van der Waals surface area contributed by atoms with Gasteiger partial charge in [-0.15, -0.1) is 0 Å². The molecule has 5 N–H and O–H groups in total. The predicted octanol–water partition coefficient (Wildman–Crippen LogP) is 0.811. The number of hydrogen-bond donors (Lipinski definition) is 5. The lowest BCUT2D eigenvalue weighted by Gasteiger charge is -2.42. The summed E-state index contributed by atoms with van der Waals surface area (Å²) >= 11 is 0. The Kier molecular flexibility index (Phi) is 10.3. The summed E-state index contributed by atoms with van der Waals surface area (Å²) in [6, 6.07) is 7.54. The Morgan fingerprint density at radius 1 is 0.978 bits per heavy atom. The van der Waals surface area contributed by atoms with Crippen LogP contribution in [0.5, 0.6) is 5.75 Å². The first-order chi connectivity index (χ1) is 21.8. The molecular formula is C33H44O13. The van der Waals surface area contributed by atoms with Gasteiger partial charge in [0.15, 0.2) is 0 Å². The fraction of sp³-hybridized carbons (Fsp3) is 0.636. The third-order valence-corrected chi connectivity index (χ3v) is 9.40. The minimum absolute atomic E-state index is 0.0344. The number of hydrogen-bond acceptors (Lipinski definition) is 13. The molecular weight excluding hydrogens is 604 g/mol. The van der Waals surface area contributed by atoms with Gasteiger partial charge in [-0.3, -0.25) is 4.79 Å². The van der Waals surface area contributed by atoms with E-state index in [0.717, 1.165) is 21.9 Å². The third kappa shape index (κ3) is 6.74. The van der Waals surface area contributed by atoms with Crippen LogP contribution in [0.2, 0.25) is 0 Å². The maximum Gasteiger partial charge on any atom is 0.331 e. The second kappa shape index (κ2) is 13.7. The van der Waals surface area contributed by atoms with Gasteiger partial charge in [0.05, 0.1) is 51.2 Å². The number of aliphatic hydroxyl groups is 5. The maximum atomic E-state index is 12.3. The molecule has 3 aliphatic rings. The zero-order valence-electron chi connectivity index (χ0n) is 26.6. The van der Waals surface area contributed by atoms with Gasteiger partial charge >= 0.3 is 11.9 Å². The molecule has 0 radical (unpaired) electrons. The molecule has 2 fully saturated rings. The smallest absolute Gasteiger partial charge is 0.331 e. The SMILES string of the molecule is COC(=O)COCC1OC(c2c3c(cc4cc([C@H](C)C(=O)OC)ccc24)CC(C)(C[C@@H]2O[C@@H](C)[C@@H](O)[C@@H](O)[C@@H]2O)O3)C[C@@H](O)C1O. The van der Waals surface area contributed by atoms with Gasteiger partial charge < -0.3 is 54.0 Å². The minimum atomic E-state index is -1.38. The number of carbonyl (C=O) groups is 2. The molecule has 2 saturated heterocycles. The van der Waals surface area contributed by atoms with Crippen LogP contribution in [0, 0.1) is 0 Å². The summed E-state index contributed by atoms with van der Waals surface area (Å²) in [4.78, 5) is 23.9. The predicted molar refractivity (Wildman–Crippen MR) is 161 cm³/mol. The van der Waals surface area contributed by atoms with Crippen LogP contribution >= 0.6 is 0 Å². The molecule has 0 saturated carbocycles. The average Bonchev–Trinajstić information content (AvgIpc) is 3.36. The van der Waals surface area contributed by atoms with Crippen molar-refractivity contribution in [3.05, 3.63) is 41.0 Å². The molecule has 3 aliphatic heterocycles. The van der Waals surface area contributed by atoms with Crippen LogP contribution in [0.4, 0.5) is 0 Å². The number of rotatable bonds is 9. The number of benzene rings is 2. The molecule has 5 rings (SSSR count). The number of methoxy groups -OCH3 is 2. The van der Waals surface area contributed by atoms with Crippen molar-refractivity contribution < 1.29 is 63.5 Å². The molecule has 4 unspecified atom stereocenters. The zero-order chi connectivity index (χ0) is 33.5. The van der Waals surface area contributed by atoms with Crippen molar-refractivity contribution in [2.75, 3.05) is 27.4 Å². The van der Waals surface area contributed by atoms with Crippen molar-refractivity contribution in [1.29, 1.82) is 0 Å². The highest BCUT2D eigenvalue weighted by molar-refractivity contribution is 5.91. The number of carbonyl (C=O) groups excluding carboxylic acids is 2. The first kappa shape index (κ1) is 34.5. The highest BCUT2D eigenvalue weighted by Crippen LogP contribution is 2.49. The summed E-state index contributed by atoms with van der Waals surface area (Å²) in [5, 5.41) is 54.5. The summed E-state index contributed by atoms with van der Waals surface area (Å²) < 4.78 is 33.9. The molecule has 0 amide bonds. The topological polar surface area (TPSA) is 191 Å². The van der Waals surface area contributed by atoms with E-state index >= 15 is 0 Å². The van der Waals surface area contributed by atoms with Gasteiger partial charge in [-0.25, -0.2) is 4.79 Å². The molecule has 11 atom stereocenters. The Hall–Kier alpha value is -2.88. The van der Waals surface area contributed by atoms with Crippen molar-refractivity contribution in [2.24, 2.45) is 0 Å². The molecule has 0 aliphatic carbocycles. The van der Waals surface area contributed by atoms with Gasteiger partial charge in [0.2, 0.25) is 0 Å². The van der Waals surface area contributed by atoms with Gasteiger partial charge in [-0.2, -0.15) is 0 Å². The number of esters is 2. The third-order valence-electron chi connectivity index (χ3n) is 9.40. The Morgan fingerprint density at radius 2 is 1.72 bits per heavy atom. The molecule has 0 bridgehead atoms. The molecule has 2 aromatic rings. The highest BCUT2D eigenvalue weighted by Gasteiger charge is 2.48. The summed E-state index contributed by atoms with van der Waals surface area (Å²) in [6.07, 6.45) is -9.04. The van der Waals surface area contributed by atoms with Crippen molar-refractivity contribution in [3.8, 4) is 5.75 Å². The lowest BCUT2D eigenvalue weighted by atomic mass is 9.85. The van der Waals surface area contributed by atoms with E-state index in [1.807, 2.05) is 31.2 Å². The van der Waals surface area contributed by atoms with E-state index in [1.165, 1.54) is 14.2 Å². The highest BCUT2D eigenvalue weighted by atomic mass is 16.6. The van der Waals surface area contributed by atoms with Crippen LogP contribution in [0.3, 0.4) is 0 Å². The van der Waals surface area contributed by atoms with E-state index in [4.69, 9.17) is 23.7 Å². The summed E-state index contributed by atoms with van der Waals surface area (Å²) in [5.74, 6) is -0.986. The second-order valence-corrected chi connectivity index (χ2v) is 12.8. The molecule has 13 nitrogen and oxygen atoms in total. The Balaban J connectivity index is 1.52. The van der Waals surface area contributed by atoms with E-state index in [-0.39, 0.29) is 32.0 Å². The molecule has 2 aromatic carbocycles. The lowest BCUT2D eigenvalue weighted by Crippen LogP contribution is -2.58. The molecule has 46 heavy (non-hydrogen) atoms. The summed E-state index contributed by atoms with van der Waals surface area (Å²) in [6.45, 7) is 4.72. The standard InChI is InChI=1S/C33H44O13/c1-15(32(40)42-5)17-6-7-20-18(8-17)9-19-11-33(3,12-23-29(38)30(39)27(36)16(2)44-23)46-31(19)26(20)22-10-21(34)28(37)24(45-22)13-43-14-25(35)41-4/h6-9,15-16,21-24,27-30,34,36-39H,10-14H2,1-5H3/t15-,16-,21+,22?,23-,24?,27+,28?,29+,30+,33?/m0/s1. The molecule has 0 aromatic heterocycles. The van der Waals surface area contributed by atoms with E-state index in [9.17, 15) is 35.1 Å². The van der Waals surface area contributed by atoms with Gasteiger partial charge in [-0.1, -0.05) is 18.2 Å². The van der Waals surface area contributed by atoms with Crippen LogP contribution in [0.25, 0.3) is 10.8 Å². The normalized spacial score (nSPS) is 34.9. The van der Waals surface area contributed by atoms with Crippen LogP contribution in [-0.2, 0) is 39.7 Å². The van der Waals surface area contributed by atoms with E-state index < -0.39 is 72.4 Å². The molecule has 13 heteroatoms. The quantitative estimate of drug-likeness (QED) is 0.240. The zero-order valence-corrected chi connectivity index (χ0v) is 26.6. The Morgan fingerprint density at radius 3 is 2.41 bits per heavy atom. The first-order valence-electron chi connectivity index (χ1n) is 15.5. The largest absolute Gasteiger partial charge is 0.486 e. The molecule has 0 spiro atoms. The van der Waals surface area contributed by atoms with Gasteiger partial charge in [0.25, 0.3) is 0 Å². The van der Waals surface area contributed by atoms with Crippen LogP contribution in [0.1, 0.15) is 62.3 Å². The molecule has 254 valence electrons. The first-order valence-corrected chi connectivity index (χ1v) is 15.5. The van der Waals surface area contributed by atoms with E-state index in [0.29, 0.717) is 17.7 Å². The lowest BCUT2D eigenvalue weighted by molar-refractivity contribution is -0.225. The Bertz CT molecular complexity index is 1430. The second-order valence-electron chi connectivity index (χ2n) is 12.8. The summed E-state index contributed by atoms with van der Waals surface area (Å²) in [5.41, 5.74) is 1.28. The molecule has 3 heterocycles. The monoisotopic (exact) mass is 648 g/mol. The number of aliphatic hydroxyl groups excluding tert-OH is 5. The van der Waals surface area contributed by atoms with Crippen LogP contribution in [0.15, 0.2) is 24.3 Å². The van der Waals surface area contributed by atoms with E-state index in [2.05, 4.69) is 4.74 Å².